The Hall–Kier alpha value is -2.28. The second-order valence-electron chi connectivity index (χ2n) is 8.02. The van der Waals surface area contributed by atoms with Crippen LogP contribution in [0.25, 0.3) is 0 Å². The van der Waals surface area contributed by atoms with Crippen molar-refractivity contribution in [3.05, 3.63) is 23.8 Å². The number of piperazine rings is 1. The zero-order chi connectivity index (χ0) is 18.4. The predicted molar refractivity (Wildman–Crippen MR) is 97.2 cm³/mol. The van der Waals surface area contributed by atoms with Crippen LogP contribution >= 0.6 is 0 Å². The van der Waals surface area contributed by atoms with Crippen LogP contribution in [0.1, 0.15) is 24.8 Å². The number of hydrogen-bond acceptors (Lipinski definition) is 5. The Balaban J connectivity index is 1.10. The van der Waals surface area contributed by atoms with E-state index in [9.17, 15) is 9.59 Å². The summed E-state index contributed by atoms with van der Waals surface area (Å²) in [7, 11) is 0. The van der Waals surface area contributed by atoms with E-state index < -0.39 is 0 Å². The monoisotopic (exact) mass is 371 g/mol. The summed E-state index contributed by atoms with van der Waals surface area (Å²) in [6.07, 6.45) is 2.89. The molecule has 2 aliphatic carbocycles. The maximum atomic E-state index is 12.7. The Bertz CT molecular complexity index is 756. The molecule has 27 heavy (non-hydrogen) atoms. The van der Waals surface area contributed by atoms with Crippen molar-refractivity contribution in [3.63, 3.8) is 0 Å². The van der Waals surface area contributed by atoms with Gasteiger partial charge >= 0.3 is 0 Å². The summed E-state index contributed by atoms with van der Waals surface area (Å²) in [4.78, 5) is 29.0. The van der Waals surface area contributed by atoms with E-state index in [4.69, 9.17) is 9.47 Å². The van der Waals surface area contributed by atoms with Gasteiger partial charge in [0.05, 0.1) is 11.8 Å². The van der Waals surface area contributed by atoms with Crippen LogP contribution in [-0.2, 0) is 16.1 Å². The first-order valence-electron chi connectivity index (χ1n) is 9.87. The number of amides is 2. The van der Waals surface area contributed by atoms with Crippen molar-refractivity contribution >= 4 is 11.8 Å². The number of fused-ring (bicyclic) bond motifs is 1. The fraction of sp³-hybridized carbons (Fsp3) is 0.600. The highest BCUT2D eigenvalue weighted by Crippen LogP contribution is 2.41. The molecule has 7 heteroatoms. The molecule has 7 nitrogen and oxygen atoms in total. The fourth-order valence-electron chi connectivity index (χ4n) is 3.95. The van der Waals surface area contributed by atoms with E-state index in [1.165, 1.54) is 5.56 Å². The SMILES string of the molecule is O=C(NC1CC1)C1CC1C(=O)N1CCN(Cc2ccc3c(c2)OCO3)CC1. The Labute approximate surface area is 158 Å². The minimum Gasteiger partial charge on any atom is -0.454 e. The van der Waals surface area contributed by atoms with Crippen molar-refractivity contribution in [2.45, 2.75) is 31.8 Å². The highest BCUT2D eigenvalue weighted by atomic mass is 16.7. The molecule has 3 fully saturated rings. The second kappa shape index (κ2) is 6.71. The lowest BCUT2D eigenvalue weighted by atomic mass is 10.1. The zero-order valence-electron chi connectivity index (χ0n) is 15.4. The minimum absolute atomic E-state index is 0.0808. The van der Waals surface area contributed by atoms with Crippen LogP contribution in [0.5, 0.6) is 11.5 Å². The van der Waals surface area contributed by atoms with E-state index >= 15 is 0 Å². The summed E-state index contributed by atoms with van der Waals surface area (Å²) in [5, 5.41) is 3.02. The van der Waals surface area contributed by atoms with Gasteiger partial charge in [-0.2, -0.15) is 0 Å². The maximum absolute atomic E-state index is 12.7. The molecule has 1 aromatic rings. The molecule has 1 N–H and O–H groups in total. The average molecular weight is 371 g/mol. The van der Waals surface area contributed by atoms with E-state index in [0.29, 0.717) is 12.8 Å². The second-order valence-corrected chi connectivity index (χ2v) is 8.02. The first-order valence-corrected chi connectivity index (χ1v) is 9.87. The first kappa shape index (κ1) is 16.9. The molecule has 4 aliphatic rings. The number of hydrogen-bond donors (Lipinski definition) is 1. The molecule has 2 saturated carbocycles. The molecular formula is C20H25N3O4. The molecule has 0 radical (unpaired) electrons. The smallest absolute Gasteiger partial charge is 0.231 e. The number of benzene rings is 1. The summed E-state index contributed by atoms with van der Waals surface area (Å²) >= 11 is 0. The number of nitrogens with zero attached hydrogens (tertiary/aromatic N) is 2. The van der Waals surface area contributed by atoms with Crippen molar-refractivity contribution < 1.29 is 19.1 Å². The molecule has 0 spiro atoms. The highest BCUT2D eigenvalue weighted by molar-refractivity contribution is 5.92. The van der Waals surface area contributed by atoms with Gasteiger partial charge in [0.25, 0.3) is 0 Å². The summed E-state index contributed by atoms with van der Waals surface area (Å²) in [6.45, 7) is 4.31. The van der Waals surface area contributed by atoms with Crippen molar-refractivity contribution in [1.29, 1.82) is 0 Å². The molecule has 0 aromatic heterocycles. The van der Waals surface area contributed by atoms with Crippen molar-refractivity contribution in [1.82, 2.24) is 15.1 Å². The molecule has 2 amide bonds. The van der Waals surface area contributed by atoms with Crippen LogP contribution in [0, 0.1) is 11.8 Å². The summed E-state index contributed by atoms with van der Waals surface area (Å²) in [6, 6.07) is 6.43. The number of carbonyl (C=O) groups excluding carboxylic acids is 2. The van der Waals surface area contributed by atoms with Crippen LogP contribution in [-0.4, -0.2) is 60.6 Å². The third-order valence-corrected chi connectivity index (χ3v) is 5.90. The summed E-state index contributed by atoms with van der Waals surface area (Å²) in [5.41, 5.74) is 1.19. The van der Waals surface area contributed by atoms with Gasteiger partial charge in [-0.3, -0.25) is 14.5 Å². The highest BCUT2D eigenvalue weighted by Gasteiger charge is 2.50. The number of ether oxygens (including phenoxy) is 2. The number of carbonyl (C=O) groups is 2. The van der Waals surface area contributed by atoms with E-state index in [2.05, 4.69) is 16.3 Å². The molecule has 5 rings (SSSR count). The quantitative estimate of drug-likeness (QED) is 0.835. The van der Waals surface area contributed by atoms with E-state index in [0.717, 1.165) is 63.5 Å². The van der Waals surface area contributed by atoms with Crippen LogP contribution in [0.3, 0.4) is 0 Å². The van der Waals surface area contributed by atoms with Crippen LogP contribution in [0.2, 0.25) is 0 Å². The van der Waals surface area contributed by atoms with Crippen LogP contribution in [0.15, 0.2) is 18.2 Å². The van der Waals surface area contributed by atoms with Crippen molar-refractivity contribution in [3.8, 4) is 11.5 Å². The maximum Gasteiger partial charge on any atom is 0.231 e. The van der Waals surface area contributed by atoms with Gasteiger partial charge in [0.2, 0.25) is 18.6 Å². The molecule has 0 bridgehead atoms. The molecule has 1 aromatic carbocycles. The topological polar surface area (TPSA) is 71.1 Å². The molecule has 2 atom stereocenters. The number of rotatable bonds is 5. The first-order chi connectivity index (χ1) is 13.2. The Morgan fingerprint density at radius 3 is 2.59 bits per heavy atom. The lowest BCUT2D eigenvalue weighted by molar-refractivity contribution is -0.136. The van der Waals surface area contributed by atoms with E-state index in [1.807, 2.05) is 17.0 Å². The number of nitrogens with one attached hydrogen (secondary N) is 1. The Morgan fingerprint density at radius 1 is 1.04 bits per heavy atom. The van der Waals surface area contributed by atoms with Crippen molar-refractivity contribution in [2.75, 3.05) is 33.0 Å². The summed E-state index contributed by atoms with van der Waals surface area (Å²) < 4.78 is 10.8. The van der Waals surface area contributed by atoms with Gasteiger partial charge in [-0.25, -0.2) is 0 Å². The van der Waals surface area contributed by atoms with E-state index in [1.54, 1.807) is 0 Å². The van der Waals surface area contributed by atoms with Crippen LogP contribution in [0.4, 0.5) is 0 Å². The van der Waals surface area contributed by atoms with Gasteiger partial charge in [0.15, 0.2) is 11.5 Å². The van der Waals surface area contributed by atoms with Gasteiger partial charge in [-0.1, -0.05) is 6.07 Å². The Kier molecular flexibility index (Phi) is 4.19. The van der Waals surface area contributed by atoms with Crippen molar-refractivity contribution in [2.24, 2.45) is 11.8 Å². The third-order valence-electron chi connectivity index (χ3n) is 5.90. The fourth-order valence-corrected chi connectivity index (χ4v) is 3.95. The van der Waals surface area contributed by atoms with Gasteiger partial charge in [0.1, 0.15) is 0 Å². The van der Waals surface area contributed by atoms with Gasteiger partial charge in [-0.15, -0.1) is 0 Å². The molecule has 2 heterocycles. The lowest BCUT2D eigenvalue weighted by Gasteiger charge is -2.35. The zero-order valence-corrected chi connectivity index (χ0v) is 15.4. The molecule has 2 aliphatic heterocycles. The Morgan fingerprint density at radius 2 is 1.81 bits per heavy atom. The van der Waals surface area contributed by atoms with E-state index in [-0.39, 0.29) is 23.7 Å². The van der Waals surface area contributed by atoms with Gasteiger partial charge in [-0.05, 0) is 37.0 Å². The molecule has 1 saturated heterocycles. The normalized spacial score (nSPS) is 26.7. The van der Waals surface area contributed by atoms with Crippen LogP contribution < -0.4 is 14.8 Å². The molecule has 2 unspecified atom stereocenters. The van der Waals surface area contributed by atoms with Gasteiger partial charge < -0.3 is 19.7 Å². The minimum atomic E-state index is -0.0934. The average Bonchev–Trinajstić information content (AvgIpc) is 3.59. The van der Waals surface area contributed by atoms with Gasteiger partial charge in [0, 0.05) is 38.8 Å². The standard InChI is InChI=1S/C20H25N3O4/c24-19(21-14-2-3-14)15-10-16(15)20(25)23-7-5-22(6-8-23)11-13-1-4-17-18(9-13)27-12-26-17/h1,4,9,14-16H,2-3,5-8,10-12H2,(H,21,24). The third kappa shape index (κ3) is 3.60. The molecular weight excluding hydrogens is 346 g/mol. The summed E-state index contributed by atoms with van der Waals surface area (Å²) in [5.74, 6) is 1.67. The molecule has 144 valence electrons. The lowest BCUT2D eigenvalue weighted by Crippen LogP contribution is -2.49. The predicted octanol–water partition coefficient (Wildman–Crippen LogP) is 0.974. The largest absolute Gasteiger partial charge is 0.454 e.